The summed E-state index contributed by atoms with van der Waals surface area (Å²) in [6, 6.07) is 6.57. The highest BCUT2D eigenvalue weighted by molar-refractivity contribution is 5.76. The third kappa shape index (κ3) is 3.47. The molecular weight excluding hydrogens is 292 g/mol. The third-order valence-electron chi connectivity index (χ3n) is 3.91. The predicted octanol–water partition coefficient (Wildman–Crippen LogP) is 2.54. The molecule has 0 saturated carbocycles. The van der Waals surface area contributed by atoms with Gasteiger partial charge in [-0.15, -0.1) is 0 Å². The molecule has 0 spiro atoms. The van der Waals surface area contributed by atoms with E-state index in [0.29, 0.717) is 38.7 Å². The van der Waals surface area contributed by atoms with Crippen molar-refractivity contribution in [3.63, 3.8) is 0 Å². The van der Waals surface area contributed by atoms with Crippen LogP contribution in [0.3, 0.4) is 0 Å². The van der Waals surface area contributed by atoms with Crippen LogP contribution in [-0.2, 0) is 0 Å². The minimum Gasteiger partial charge on any atom is -0.423 e. The normalized spacial score (nSPS) is 15.0. The molecule has 6 heteroatoms. The van der Waals surface area contributed by atoms with Gasteiger partial charge in [0, 0.05) is 32.7 Å². The van der Waals surface area contributed by atoms with E-state index in [0.717, 1.165) is 22.2 Å². The van der Waals surface area contributed by atoms with Crippen LogP contribution in [0, 0.1) is 6.92 Å². The first kappa shape index (κ1) is 15.4. The number of amides is 2. The van der Waals surface area contributed by atoms with Crippen LogP contribution in [0.2, 0.25) is 0 Å². The molecule has 2 aromatic rings. The van der Waals surface area contributed by atoms with Crippen LogP contribution in [0.15, 0.2) is 34.8 Å². The monoisotopic (exact) mass is 314 g/mol. The van der Waals surface area contributed by atoms with E-state index in [1.807, 2.05) is 36.9 Å². The summed E-state index contributed by atoms with van der Waals surface area (Å²) >= 11 is 0. The van der Waals surface area contributed by atoms with Crippen LogP contribution in [0.5, 0.6) is 0 Å². The Morgan fingerprint density at radius 2 is 2.09 bits per heavy atom. The second-order valence-electron chi connectivity index (χ2n) is 6.06. The molecule has 23 heavy (non-hydrogen) atoms. The Labute approximate surface area is 135 Å². The Hall–Kier alpha value is -2.50. The Kier molecular flexibility index (Phi) is 4.23. The second kappa shape index (κ2) is 6.32. The Balaban J connectivity index is 1.61. The maximum atomic E-state index is 12.0. The summed E-state index contributed by atoms with van der Waals surface area (Å²) in [5.74, 6) is 0. The minimum atomic E-state index is -0.0409. The summed E-state index contributed by atoms with van der Waals surface area (Å²) in [6.45, 7) is 11.0. The lowest BCUT2D eigenvalue weighted by Crippen LogP contribution is -2.52. The van der Waals surface area contributed by atoms with Gasteiger partial charge in [-0.25, -0.2) is 4.79 Å². The number of hydrogen-bond acceptors (Lipinski definition) is 4. The van der Waals surface area contributed by atoms with Crippen LogP contribution in [-0.4, -0.2) is 48.6 Å². The molecule has 0 bridgehead atoms. The number of rotatable bonds is 3. The summed E-state index contributed by atoms with van der Waals surface area (Å²) in [6.07, 6.45) is 0. The van der Waals surface area contributed by atoms with Crippen LogP contribution in [0.1, 0.15) is 12.5 Å². The number of piperazine rings is 1. The number of anilines is 1. The van der Waals surface area contributed by atoms with Crippen molar-refractivity contribution >= 4 is 23.1 Å². The topological polar surface area (TPSA) is 61.6 Å². The summed E-state index contributed by atoms with van der Waals surface area (Å²) in [5, 5.41) is 2.86. The number of nitrogens with zero attached hydrogens (tertiary/aromatic N) is 3. The standard InChI is InChI=1S/C17H22N4O2/c1-12(2)11-18-16(22)20-6-8-21(9-7-20)17-19-14-10-13(3)4-5-15(14)23-17/h4-5,10H,1,6-9,11H2,2-3H3,(H,18,22). The van der Waals surface area contributed by atoms with Crippen molar-refractivity contribution in [1.29, 1.82) is 0 Å². The number of urea groups is 1. The van der Waals surface area contributed by atoms with E-state index >= 15 is 0 Å². The number of aryl methyl sites for hydroxylation is 1. The molecule has 6 nitrogen and oxygen atoms in total. The molecule has 2 amide bonds. The van der Waals surface area contributed by atoms with Gasteiger partial charge in [0.2, 0.25) is 0 Å². The van der Waals surface area contributed by atoms with Gasteiger partial charge in [0.15, 0.2) is 5.58 Å². The van der Waals surface area contributed by atoms with E-state index in [2.05, 4.69) is 21.8 Å². The number of benzene rings is 1. The molecule has 0 unspecified atom stereocenters. The maximum Gasteiger partial charge on any atom is 0.317 e. The van der Waals surface area contributed by atoms with E-state index in [-0.39, 0.29) is 6.03 Å². The fourth-order valence-corrected chi connectivity index (χ4v) is 2.60. The van der Waals surface area contributed by atoms with Gasteiger partial charge in [0.1, 0.15) is 5.52 Å². The molecule has 1 aromatic carbocycles. The van der Waals surface area contributed by atoms with Crippen LogP contribution >= 0.6 is 0 Å². The lowest BCUT2D eigenvalue weighted by molar-refractivity contribution is 0.194. The maximum absolute atomic E-state index is 12.0. The molecule has 0 aliphatic carbocycles. The zero-order chi connectivity index (χ0) is 16.4. The van der Waals surface area contributed by atoms with Gasteiger partial charge in [0.25, 0.3) is 6.01 Å². The van der Waals surface area contributed by atoms with Crippen molar-refractivity contribution in [2.45, 2.75) is 13.8 Å². The van der Waals surface area contributed by atoms with Crippen LogP contribution in [0.25, 0.3) is 11.1 Å². The lowest BCUT2D eigenvalue weighted by Gasteiger charge is -2.33. The van der Waals surface area contributed by atoms with E-state index < -0.39 is 0 Å². The number of oxazole rings is 1. The first-order chi connectivity index (χ1) is 11.0. The Morgan fingerprint density at radius 3 is 2.78 bits per heavy atom. The average Bonchev–Trinajstić information content (AvgIpc) is 2.95. The summed E-state index contributed by atoms with van der Waals surface area (Å²) in [4.78, 5) is 20.5. The molecule has 2 heterocycles. The highest BCUT2D eigenvalue weighted by Gasteiger charge is 2.23. The smallest absolute Gasteiger partial charge is 0.317 e. The molecule has 0 radical (unpaired) electrons. The fraction of sp³-hybridized carbons (Fsp3) is 0.412. The van der Waals surface area contributed by atoms with Crippen molar-refractivity contribution in [1.82, 2.24) is 15.2 Å². The number of nitrogens with one attached hydrogen (secondary N) is 1. The lowest BCUT2D eigenvalue weighted by atomic mass is 10.2. The van der Waals surface area contributed by atoms with Crippen molar-refractivity contribution < 1.29 is 9.21 Å². The summed E-state index contributed by atoms with van der Waals surface area (Å²) < 4.78 is 5.82. The molecule has 122 valence electrons. The molecule has 1 aromatic heterocycles. The van der Waals surface area contributed by atoms with Gasteiger partial charge in [-0.3, -0.25) is 0 Å². The summed E-state index contributed by atoms with van der Waals surface area (Å²) in [7, 11) is 0. The van der Waals surface area contributed by atoms with Crippen molar-refractivity contribution in [3.05, 3.63) is 35.9 Å². The van der Waals surface area contributed by atoms with Gasteiger partial charge in [-0.05, 0) is 31.5 Å². The molecule has 1 aliphatic rings. The highest BCUT2D eigenvalue weighted by Crippen LogP contribution is 2.23. The predicted molar refractivity (Wildman–Crippen MR) is 90.7 cm³/mol. The fourth-order valence-electron chi connectivity index (χ4n) is 2.60. The number of carbonyl (C=O) groups excluding carboxylic acids is 1. The zero-order valence-electron chi connectivity index (χ0n) is 13.6. The highest BCUT2D eigenvalue weighted by atomic mass is 16.4. The molecular formula is C17H22N4O2. The largest absolute Gasteiger partial charge is 0.423 e. The Morgan fingerprint density at radius 1 is 1.35 bits per heavy atom. The van der Waals surface area contributed by atoms with Gasteiger partial charge < -0.3 is 19.5 Å². The van der Waals surface area contributed by atoms with Gasteiger partial charge in [-0.2, -0.15) is 4.98 Å². The van der Waals surface area contributed by atoms with Crippen molar-refractivity contribution in [3.8, 4) is 0 Å². The molecule has 1 fully saturated rings. The first-order valence-corrected chi connectivity index (χ1v) is 7.82. The number of aromatic nitrogens is 1. The van der Waals surface area contributed by atoms with Gasteiger partial charge in [-0.1, -0.05) is 18.2 Å². The molecule has 1 N–H and O–H groups in total. The SMILES string of the molecule is C=C(C)CNC(=O)N1CCN(c2nc3cc(C)ccc3o2)CC1. The third-order valence-corrected chi connectivity index (χ3v) is 3.91. The first-order valence-electron chi connectivity index (χ1n) is 7.82. The summed E-state index contributed by atoms with van der Waals surface area (Å²) in [5.41, 5.74) is 3.78. The molecule has 1 aliphatic heterocycles. The van der Waals surface area contributed by atoms with Crippen molar-refractivity contribution in [2.75, 3.05) is 37.6 Å². The minimum absolute atomic E-state index is 0.0409. The van der Waals surface area contributed by atoms with E-state index in [1.165, 1.54) is 0 Å². The van der Waals surface area contributed by atoms with Crippen molar-refractivity contribution in [2.24, 2.45) is 0 Å². The van der Waals surface area contributed by atoms with Crippen LogP contribution < -0.4 is 10.2 Å². The van der Waals surface area contributed by atoms with Gasteiger partial charge >= 0.3 is 6.03 Å². The van der Waals surface area contributed by atoms with Crippen LogP contribution in [0.4, 0.5) is 10.8 Å². The molecule has 1 saturated heterocycles. The second-order valence-corrected chi connectivity index (χ2v) is 6.06. The number of carbonyl (C=O) groups is 1. The van der Waals surface area contributed by atoms with E-state index in [4.69, 9.17) is 4.42 Å². The zero-order valence-corrected chi connectivity index (χ0v) is 13.6. The molecule has 3 rings (SSSR count). The van der Waals surface area contributed by atoms with E-state index in [9.17, 15) is 4.79 Å². The Bertz CT molecular complexity index is 729. The number of hydrogen-bond donors (Lipinski definition) is 1. The molecule has 0 atom stereocenters. The van der Waals surface area contributed by atoms with Gasteiger partial charge in [0.05, 0.1) is 0 Å². The quantitative estimate of drug-likeness (QED) is 0.885. The number of fused-ring (bicyclic) bond motifs is 1. The average molecular weight is 314 g/mol. The van der Waals surface area contributed by atoms with E-state index in [1.54, 1.807) is 0 Å².